The van der Waals surface area contributed by atoms with Gasteiger partial charge in [0, 0.05) is 32.1 Å². The molecular formula is C15H24N4. The van der Waals surface area contributed by atoms with Crippen LogP contribution in [0.3, 0.4) is 0 Å². The molecule has 3 rings (SSSR count). The van der Waals surface area contributed by atoms with E-state index in [1.165, 1.54) is 44.9 Å². The standard InChI is InChI=1S/C15H24N4/c1-16-13-11-14(18-15(17-13)12-7-8-12)19-9-5-3-2-4-6-10-19/h11-12H,2-10H2,1H3,(H,16,17,18). The first kappa shape index (κ1) is 12.7. The lowest BCUT2D eigenvalue weighted by molar-refractivity contribution is 0.553. The number of rotatable bonds is 3. The summed E-state index contributed by atoms with van der Waals surface area (Å²) >= 11 is 0. The summed E-state index contributed by atoms with van der Waals surface area (Å²) in [5.41, 5.74) is 0. The van der Waals surface area contributed by atoms with Crippen molar-refractivity contribution in [3.05, 3.63) is 11.9 Å². The molecule has 0 amide bonds. The van der Waals surface area contributed by atoms with Gasteiger partial charge in [-0.25, -0.2) is 9.97 Å². The number of nitrogens with one attached hydrogen (secondary N) is 1. The summed E-state index contributed by atoms with van der Waals surface area (Å²) in [6, 6.07) is 2.10. The van der Waals surface area contributed by atoms with Crippen LogP contribution in [0, 0.1) is 0 Å². The maximum absolute atomic E-state index is 4.81. The molecule has 0 bridgehead atoms. The van der Waals surface area contributed by atoms with Gasteiger partial charge in [0.25, 0.3) is 0 Å². The SMILES string of the molecule is CNc1cc(N2CCCCCCC2)nc(C2CC2)n1. The topological polar surface area (TPSA) is 41.0 Å². The molecule has 0 aromatic carbocycles. The second-order valence-electron chi connectivity index (χ2n) is 5.75. The van der Waals surface area contributed by atoms with Crippen LogP contribution in [-0.2, 0) is 0 Å². The van der Waals surface area contributed by atoms with Crippen LogP contribution in [0.4, 0.5) is 11.6 Å². The molecule has 4 heteroatoms. The monoisotopic (exact) mass is 260 g/mol. The average molecular weight is 260 g/mol. The minimum atomic E-state index is 0.613. The van der Waals surface area contributed by atoms with Crippen molar-refractivity contribution in [3.63, 3.8) is 0 Å². The second kappa shape index (κ2) is 5.76. The summed E-state index contributed by atoms with van der Waals surface area (Å²) in [6.45, 7) is 2.29. The summed E-state index contributed by atoms with van der Waals surface area (Å²) in [7, 11) is 1.94. The molecule has 4 nitrogen and oxygen atoms in total. The Hall–Kier alpha value is -1.32. The molecule has 1 aliphatic heterocycles. The van der Waals surface area contributed by atoms with Crippen molar-refractivity contribution in [1.82, 2.24) is 9.97 Å². The summed E-state index contributed by atoms with van der Waals surface area (Å²) in [5, 5.41) is 3.18. The van der Waals surface area contributed by atoms with Gasteiger partial charge in [-0.05, 0) is 25.7 Å². The van der Waals surface area contributed by atoms with Crippen molar-refractivity contribution >= 4 is 11.6 Å². The van der Waals surface area contributed by atoms with Gasteiger partial charge in [0.05, 0.1) is 0 Å². The third kappa shape index (κ3) is 3.17. The summed E-state index contributed by atoms with van der Waals surface area (Å²) in [6.07, 6.45) is 9.20. The highest BCUT2D eigenvalue weighted by Crippen LogP contribution is 2.39. The van der Waals surface area contributed by atoms with E-state index in [4.69, 9.17) is 4.98 Å². The molecule has 1 saturated heterocycles. The van der Waals surface area contributed by atoms with E-state index in [0.717, 1.165) is 30.5 Å². The van der Waals surface area contributed by atoms with E-state index in [2.05, 4.69) is 21.3 Å². The van der Waals surface area contributed by atoms with Gasteiger partial charge in [-0.3, -0.25) is 0 Å². The zero-order valence-electron chi connectivity index (χ0n) is 11.9. The number of aromatic nitrogens is 2. The van der Waals surface area contributed by atoms with Crippen molar-refractivity contribution < 1.29 is 0 Å². The van der Waals surface area contributed by atoms with Gasteiger partial charge in [0.2, 0.25) is 0 Å². The molecule has 0 unspecified atom stereocenters. The first-order valence-corrected chi connectivity index (χ1v) is 7.68. The molecule has 104 valence electrons. The molecule has 2 fully saturated rings. The van der Waals surface area contributed by atoms with E-state index in [1.54, 1.807) is 0 Å². The van der Waals surface area contributed by atoms with Crippen molar-refractivity contribution in [2.24, 2.45) is 0 Å². The molecule has 0 radical (unpaired) electrons. The van der Waals surface area contributed by atoms with Gasteiger partial charge in [-0.2, -0.15) is 0 Å². The molecule has 1 aromatic heterocycles. The second-order valence-corrected chi connectivity index (χ2v) is 5.75. The van der Waals surface area contributed by atoms with E-state index in [0.29, 0.717) is 5.92 Å². The quantitative estimate of drug-likeness (QED) is 0.906. The summed E-state index contributed by atoms with van der Waals surface area (Å²) < 4.78 is 0. The highest BCUT2D eigenvalue weighted by molar-refractivity contribution is 5.49. The van der Waals surface area contributed by atoms with E-state index < -0.39 is 0 Å². The van der Waals surface area contributed by atoms with Crippen molar-refractivity contribution in [2.45, 2.75) is 50.9 Å². The van der Waals surface area contributed by atoms with Gasteiger partial charge in [0.15, 0.2) is 0 Å². The molecule has 19 heavy (non-hydrogen) atoms. The van der Waals surface area contributed by atoms with E-state index in [9.17, 15) is 0 Å². The Morgan fingerprint density at radius 3 is 2.37 bits per heavy atom. The highest BCUT2D eigenvalue weighted by Gasteiger charge is 2.28. The third-order valence-electron chi connectivity index (χ3n) is 4.11. The minimum absolute atomic E-state index is 0.613. The smallest absolute Gasteiger partial charge is 0.136 e. The Morgan fingerprint density at radius 1 is 1.05 bits per heavy atom. The molecule has 0 atom stereocenters. The van der Waals surface area contributed by atoms with Gasteiger partial charge in [-0.15, -0.1) is 0 Å². The lowest BCUT2D eigenvalue weighted by atomic mass is 10.1. The van der Waals surface area contributed by atoms with Crippen LogP contribution < -0.4 is 10.2 Å². The van der Waals surface area contributed by atoms with E-state index in [1.807, 2.05) is 7.05 Å². The first-order chi connectivity index (χ1) is 9.36. The van der Waals surface area contributed by atoms with Crippen LogP contribution >= 0.6 is 0 Å². The zero-order valence-corrected chi connectivity index (χ0v) is 11.9. The Balaban J connectivity index is 1.82. The normalized spacial score (nSPS) is 20.8. The molecule has 2 heterocycles. The first-order valence-electron chi connectivity index (χ1n) is 7.68. The predicted molar refractivity (Wildman–Crippen MR) is 78.9 cm³/mol. The Bertz CT molecular complexity index is 420. The molecule has 1 saturated carbocycles. The Morgan fingerprint density at radius 2 is 1.74 bits per heavy atom. The molecular weight excluding hydrogens is 236 g/mol. The van der Waals surface area contributed by atoms with Crippen LogP contribution in [0.25, 0.3) is 0 Å². The van der Waals surface area contributed by atoms with Gasteiger partial charge < -0.3 is 10.2 Å². The van der Waals surface area contributed by atoms with E-state index >= 15 is 0 Å². The molecule has 1 aliphatic carbocycles. The van der Waals surface area contributed by atoms with Crippen LogP contribution in [0.2, 0.25) is 0 Å². The molecule has 1 N–H and O–H groups in total. The van der Waals surface area contributed by atoms with Crippen molar-refractivity contribution in [1.29, 1.82) is 0 Å². The highest BCUT2D eigenvalue weighted by atomic mass is 15.2. The fraction of sp³-hybridized carbons (Fsp3) is 0.733. The number of nitrogens with zero attached hydrogens (tertiary/aromatic N) is 3. The molecule has 2 aliphatic rings. The summed E-state index contributed by atoms with van der Waals surface area (Å²) in [4.78, 5) is 11.9. The largest absolute Gasteiger partial charge is 0.373 e. The lowest BCUT2D eigenvalue weighted by Gasteiger charge is -2.26. The number of hydrogen-bond acceptors (Lipinski definition) is 4. The Kier molecular flexibility index (Phi) is 3.85. The van der Waals surface area contributed by atoms with Crippen LogP contribution in [0.5, 0.6) is 0 Å². The number of anilines is 2. The minimum Gasteiger partial charge on any atom is -0.373 e. The summed E-state index contributed by atoms with van der Waals surface area (Å²) in [5.74, 6) is 3.75. The fourth-order valence-corrected chi connectivity index (χ4v) is 2.74. The molecule has 0 spiro atoms. The van der Waals surface area contributed by atoms with E-state index in [-0.39, 0.29) is 0 Å². The molecule has 1 aromatic rings. The third-order valence-corrected chi connectivity index (χ3v) is 4.11. The van der Waals surface area contributed by atoms with Gasteiger partial charge in [0.1, 0.15) is 17.5 Å². The Labute approximate surface area is 115 Å². The van der Waals surface area contributed by atoms with Gasteiger partial charge in [-0.1, -0.05) is 19.3 Å². The average Bonchev–Trinajstić information content (AvgIpc) is 3.22. The van der Waals surface area contributed by atoms with Crippen LogP contribution in [0.15, 0.2) is 6.07 Å². The maximum Gasteiger partial charge on any atom is 0.136 e. The van der Waals surface area contributed by atoms with Crippen molar-refractivity contribution in [3.8, 4) is 0 Å². The number of hydrogen-bond donors (Lipinski definition) is 1. The lowest BCUT2D eigenvalue weighted by Crippen LogP contribution is -2.28. The van der Waals surface area contributed by atoms with Crippen molar-refractivity contribution in [2.75, 3.05) is 30.4 Å². The van der Waals surface area contributed by atoms with Crippen LogP contribution in [-0.4, -0.2) is 30.1 Å². The predicted octanol–water partition coefficient (Wildman–Crippen LogP) is 3.17. The fourth-order valence-electron chi connectivity index (χ4n) is 2.74. The maximum atomic E-state index is 4.81. The zero-order chi connectivity index (χ0) is 13.1. The van der Waals surface area contributed by atoms with Crippen LogP contribution in [0.1, 0.15) is 56.7 Å². The van der Waals surface area contributed by atoms with Gasteiger partial charge >= 0.3 is 0 Å².